The third-order valence-corrected chi connectivity index (χ3v) is 3.22. The average Bonchev–Trinajstić information content (AvgIpc) is 2.42. The lowest BCUT2D eigenvalue weighted by atomic mass is 10.2. The number of hydrogen-bond donors (Lipinski definition) is 1. The summed E-state index contributed by atoms with van der Waals surface area (Å²) in [6, 6.07) is 5.11. The van der Waals surface area contributed by atoms with Gasteiger partial charge in [-0.05, 0) is 6.07 Å². The van der Waals surface area contributed by atoms with Crippen LogP contribution in [0.2, 0.25) is 5.02 Å². The number of carbonyl (C=O) groups is 1. The predicted molar refractivity (Wildman–Crippen MR) is 53.9 cm³/mol. The van der Waals surface area contributed by atoms with Crippen molar-refractivity contribution < 1.29 is 9.90 Å². The van der Waals surface area contributed by atoms with Crippen LogP contribution < -0.4 is 0 Å². The summed E-state index contributed by atoms with van der Waals surface area (Å²) in [7, 11) is 0. The molecule has 0 aliphatic rings. The summed E-state index contributed by atoms with van der Waals surface area (Å²) in [5.74, 6) is 0. The fraction of sp³-hybridized carbons (Fsp3) is 0. The topological polar surface area (TPSA) is 37.3 Å². The van der Waals surface area contributed by atoms with Crippen molar-refractivity contribution in [3.8, 4) is 5.06 Å². The summed E-state index contributed by atoms with van der Waals surface area (Å²) < 4.78 is 0.826. The van der Waals surface area contributed by atoms with Crippen LogP contribution in [0, 0.1) is 0 Å². The normalized spacial score (nSPS) is 10.5. The summed E-state index contributed by atoms with van der Waals surface area (Å²) in [4.78, 5) is 10.5. The molecule has 0 saturated heterocycles. The standard InChI is InChI=1S/C9H5ClO2S/c10-8-6-2-1-5(4-11)3-7(6)13-9(8)12/h1-4,12H. The first kappa shape index (κ1) is 8.53. The third kappa shape index (κ3) is 1.30. The molecule has 0 amide bonds. The van der Waals surface area contributed by atoms with Crippen LogP contribution >= 0.6 is 22.9 Å². The zero-order chi connectivity index (χ0) is 9.42. The lowest BCUT2D eigenvalue weighted by molar-refractivity contribution is 0.112. The first-order valence-corrected chi connectivity index (χ1v) is 4.78. The highest BCUT2D eigenvalue weighted by molar-refractivity contribution is 7.21. The minimum Gasteiger partial charge on any atom is -0.498 e. The molecular formula is C9H5ClO2S. The van der Waals surface area contributed by atoms with Crippen molar-refractivity contribution in [2.75, 3.05) is 0 Å². The van der Waals surface area contributed by atoms with Gasteiger partial charge in [-0.15, -0.1) is 0 Å². The van der Waals surface area contributed by atoms with Gasteiger partial charge >= 0.3 is 0 Å². The van der Waals surface area contributed by atoms with E-state index in [9.17, 15) is 9.90 Å². The molecule has 0 radical (unpaired) electrons. The Labute approximate surface area is 83.4 Å². The monoisotopic (exact) mass is 212 g/mol. The van der Waals surface area contributed by atoms with E-state index in [-0.39, 0.29) is 5.06 Å². The summed E-state index contributed by atoms with van der Waals surface area (Å²) >= 11 is 6.98. The maximum atomic E-state index is 10.5. The molecule has 66 valence electrons. The van der Waals surface area contributed by atoms with Gasteiger partial charge in [0, 0.05) is 15.6 Å². The lowest BCUT2D eigenvalue weighted by Crippen LogP contribution is -1.75. The van der Waals surface area contributed by atoms with Crippen molar-refractivity contribution in [3.63, 3.8) is 0 Å². The van der Waals surface area contributed by atoms with Crippen molar-refractivity contribution in [1.82, 2.24) is 0 Å². The van der Waals surface area contributed by atoms with Crippen LogP contribution in [0.5, 0.6) is 5.06 Å². The molecule has 1 aromatic carbocycles. The van der Waals surface area contributed by atoms with Crippen LogP contribution in [0.3, 0.4) is 0 Å². The summed E-state index contributed by atoms with van der Waals surface area (Å²) in [6.07, 6.45) is 0.768. The van der Waals surface area contributed by atoms with E-state index in [0.29, 0.717) is 10.6 Å². The van der Waals surface area contributed by atoms with Gasteiger partial charge in [-0.1, -0.05) is 35.1 Å². The van der Waals surface area contributed by atoms with E-state index in [1.54, 1.807) is 18.2 Å². The van der Waals surface area contributed by atoms with Crippen molar-refractivity contribution in [3.05, 3.63) is 28.8 Å². The van der Waals surface area contributed by atoms with E-state index in [0.717, 1.165) is 16.4 Å². The second-order valence-electron chi connectivity index (χ2n) is 2.59. The van der Waals surface area contributed by atoms with Gasteiger partial charge in [-0.3, -0.25) is 4.79 Å². The number of halogens is 1. The Kier molecular flexibility index (Phi) is 1.98. The quantitative estimate of drug-likeness (QED) is 0.738. The first-order chi connectivity index (χ1) is 6.22. The van der Waals surface area contributed by atoms with E-state index in [1.165, 1.54) is 11.3 Å². The Bertz CT molecular complexity index is 476. The van der Waals surface area contributed by atoms with Gasteiger partial charge in [0.2, 0.25) is 0 Å². The smallest absolute Gasteiger partial charge is 0.191 e. The number of rotatable bonds is 1. The number of aldehydes is 1. The van der Waals surface area contributed by atoms with Crippen LogP contribution in [0.15, 0.2) is 18.2 Å². The molecule has 13 heavy (non-hydrogen) atoms. The molecule has 1 N–H and O–H groups in total. The average molecular weight is 213 g/mol. The lowest BCUT2D eigenvalue weighted by Gasteiger charge is -1.90. The highest BCUT2D eigenvalue weighted by Gasteiger charge is 2.08. The molecule has 2 nitrogen and oxygen atoms in total. The molecule has 0 aliphatic carbocycles. The molecule has 1 heterocycles. The summed E-state index contributed by atoms with van der Waals surface area (Å²) in [6.45, 7) is 0. The van der Waals surface area contributed by atoms with Gasteiger partial charge < -0.3 is 5.11 Å². The highest BCUT2D eigenvalue weighted by Crippen LogP contribution is 2.40. The Hall–Kier alpha value is -1.06. The Morgan fingerprint density at radius 2 is 2.23 bits per heavy atom. The van der Waals surface area contributed by atoms with Crippen LogP contribution in [0.1, 0.15) is 10.4 Å². The van der Waals surface area contributed by atoms with Gasteiger partial charge in [0.15, 0.2) is 5.06 Å². The van der Waals surface area contributed by atoms with E-state index in [4.69, 9.17) is 11.6 Å². The number of fused-ring (bicyclic) bond motifs is 1. The first-order valence-electron chi connectivity index (χ1n) is 3.58. The molecule has 0 atom stereocenters. The van der Waals surface area contributed by atoms with Crippen LogP contribution in [0.25, 0.3) is 10.1 Å². The molecule has 1 aromatic heterocycles. The minimum atomic E-state index is 0.0970. The largest absolute Gasteiger partial charge is 0.498 e. The van der Waals surface area contributed by atoms with Crippen molar-refractivity contribution in [2.24, 2.45) is 0 Å². The Morgan fingerprint density at radius 3 is 2.92 bits per heavy atom. The Balaban J connectivity index is 2.79. The van der Waals surface area contributed by atoms with Crippen LogP contribution in [0.4, 0.5) is 0 Å². The van der Waals surface area contributed by atoms with Crippen LogP contribution in [-0.2, 0) is 0 Å². The number of carbonyl (C=O) groups excluding carboxylic acids is 1. The second kappa shape index (κ2) is 3.01. The molecule has 2 aromatic rings. The van der Waals surface area contributed by atoms with Crippen LogP contribution in [-0.4, -0.2) is 11.4 Å². The predicted octanol–water partition coefficient (Wildman–Crippen LogP) is 3.07. The second-order valence-corrected chi connectivity index (χ2v) is 4.00. The molecule has 0 bridgehead atoms. The molecule has 0 saturated carbocycles. The summed E-state index contributed by atoms with van der Waals surface area (Å²) in [5.41, 5.74) is 0.588. The van der Waals surface area contributed by atoms with E-state index in [1.807, 2.05) is 0 Å². The zero-order valence-electron chi connectivity index (χ0n) is 6.45. The van der Waals surface area contributed by atoms with Gasteiger partial charge in [-0.2, -0.15) is 0 Å². The molecule has 0 unspecified atom stereocenters. The number of thiophene rings is 1. The van der Waals surface area contributed by atoms with Gasteiger partial charge in [0.25, 0.3) is 0 Å². The molecule has 4 heteroatoms. The molecular weight excluding hydrogens is 208 g/mol. The van der Waals surface area contributed by atoms with Gasteiger partial charge in [-0.25, -0.2) is 0 Å². The molecule has 0 fully saturated rings. The zero-order valence-corrected chi connectivity index (χ0v) is 8.02. The Morgan fingerprint density at radius 1 is 1.46 bits per heavy atom. The van der Waals surface area contributed by atoms with E-state index in [2.05, 4.69) is 0 Å². The highest BCUT2D eigenvalue weighted by atomic mass is 35.5. The fourth-order valence-electron chi connectivity index (χ4n) is 1.14. The number of benzene rings is 1. The van der Waals surface area contributed by atoms with E-state index >= 15 is 0 Å². The number of aromatic hydroxyl groups is 1. The SMILES string of the molecule is O=Cc1ccc2c(Cl)c(O)sc2c1. The molecule has 0 aliphatic heterocycles. The van der Waals surface area contributed by atoms with E-state index < -0.39 is 0 Å². The van der Waals surface area contributed by atoms with Gasteiger partial charge in [0.05, 0.1) is 0 Å². The van der Waals surface area contributed by atoms with Crippen molar-refractivity contribution in [1.29, 1.82) is 0 Å². The summed E-state index contributed by atoms with van der Waals surface area (Å²) in [5, 5.41) is 10.5. The van der Waals surface area contributed by atoms with Crippen molar-refractivity contribution >= 4 is 39.3 Å². The maximum absolute atomic E-state index is 10.5. The maximum Gasteiger partial charge on any atom is 0.191 e. The van der Waals surface area contributed by atoms with Crippen molar-refractivity contribution in [2.45, 2.75) is 0 Å². The fourth-order valence-corrected chi connectivity index (χ4v) is 2.36. The molecule has 0 spiro atoms. The molecule has 2 rings (SSSR count). The van der Waals surface area contributed by atoms with Gasteiger partial charge in [0.1, 0.15) is 11.3 Å². The minimum absolute atomic E-state index is 0.0970. The third-order valence-electron chi connectivity index (χ3n) is 1.77. The number of hydrogen-bond acceptors (Lipinski definition) is 3.